The highest BCUT2D eigenvalue weighted by molar-refractivity contribution is 8.00. The molecule has 94 valence electrons. The molecular formula is C13H19NO2S. The third-order valence-electron chi connectivity index (χ3n) is 2.40. The Labute approximate surface area is 107 Å². The largest absolute Gasteiger partial charge is 0.391 e. The molecule has 1 aromatic rings. The van der Waals surface area contributed by atoms with Gasteiger partial charge in [0.1, 0.15) is 0 Å². The van der Waals surface area contributed by atoms with Crippen LogP contribution in [0.3, 0.4) is 0 Å². The normalized spacial score (nSPS) is 12.2. The van der Waals surface area contributed by atoms with Crippen LogP contribution in [0, 0.1) is 6.92 Å². The molecule has 0 aromatic heterocycles. The molecule has 0 bridgehead atoms. The van der Waals surface area contributed by atoms with Crippen LogP contribution in [0.4, 0.5) is 0 Å². The summed E-state index contributed by atoms with van der Waals surface area (Å²) in [7, 11) is 0. The minimum atomic E-state index is -0.441. The van der Waals surface area contributed by atoms with Gasteiger partial charge in [-0.15, -0.1) is 11.8 Å². The molecule has 0 heterocycles. The lowest BCUT2D eigenvalue weighted by Crippen LogP contribution is -2.32. The fraction of sp³-hybridized carbons (Fsp3) is 0.462. The van der Waals surface area contributed by atoms with E-state index in [9.17, 15) is 9.90 Å². The third-order valence-corrected chi connectivity index (χ3v) is 3.41. The first-order valence-electron chi connectivity index (χ1n) is 5.76. The number of amides is 1. The summed E-state index contributed by atoms with van der Waals surface area (Å²) >= 11 is 1.50. The van der Waals surface area contributed by atoms with Crippen molar-refractivity contribution in [1.29, 1.82) is 0 Å². The van der Waals surface area contributed by atoms with Crippen molar-refractivity contribution < 1.29 is 9.90 Å². The average Bonchev–Trinajstić information content (AvgIpc) is 2.35. The van der Waals surface area contributed by atoms with E-state index >= 15 is 0 Å². The molecule has 0 spiro atoms. The maximum absolute atomic E-state index is 11.5. The van der Waals surface area contributed by atoms with Crippen LogP contribution in [0.1, 0.15) is 18.9 Å². The smallest absolute Gasteiger partial charge is 0.230 e. The van der Waals surface area contributed by atoms with E-state index in [1.54, 1.807) is 0 Å². The van der Waals surface area contributed by atoms with E-state index in [0.29, 0.717) is 18.7 Å². The minimum Gasteiger partial charge on any atom is -0.391 e. The number of nitrogens with one attached hydrogen (secondary N) is 1. The molecule has 1 amide bonds. The van der Waals surface area contributed by atoms with Crippen LogP contribution in [-0.2, 0) is 4.79 Å². The van der Waals surface area contributed by atoms with Crippen molar-refractivity contribution >= 4 is 17.7 Å². The molecule has 0 aliphatic rings. The van der Waals surface area contributed by atoms with E-state index in [0.717, 1.165) is 4.90 Å². The van der Waals surface area contributed by atoms with Gasteiger partial charge < -0.3 is 10.4 Å². The highest BCUT2D eigenvalue weighted by Gasteiger charge is 2.05. The molecular weight excluding hydrogens is 234 g/mol. The summed E-state index contributed by atoms with van der Waals surface area (Å²) in [5, 5.41) is 12.0. The van der Waals surface area contributed by atoms with Gasteiger partial charge in [0.2, 0.25) is 5.91 Å². The molecule has 2 N–H and O–H groups in total. The molecule has 1 rings (SSSR count). The Morgan fingerprint density at radius 3 is 2.65 bits per heavy atom. The Hall–Kier alpha value is -1.00. The lowest BCUT2D eigenvalue weighted by Gasteiger charge is -2.09. The van der Waals surface area contributed by atoms with Gasteiger partial charge in [-0.1, -0.05) is 24.6 Å². The first-order valence-corrected chi connectivity index (χ1v) is 6.74. The molecule has 4 heteroatoms. The Bertz CT molecular complexity index is 351. The highest BCUT2D eigenvalue weighted by Crippen LogP contribution is 2.17. The Kier molecular flexibility index (Phi) is 6.08. The molecule has 0 saturated carbocycles. The van der Waals surface area contributed by atoms with Crippen molar-refractivity contribution in [1.82, 2.24) is 5.32 Å². The van der Waals surface area contributed by atoms with Crippen LogP contribution in [0.5, 0.6) is 0 Å². The first kappa shape index (κ1) is 14.1. The molecule has 3 nitrogen and oxygen atoms in total. The topological polar surface area (TPSA) is 49.3 Å². The summed E-state index contributed by atoms with van der Waals surface area (Å²) in [5.41, 5.74) is 1.21. The number of aliphatic hydroxyl groups excluding tert-OH is 1. The number of carbonyl (C=O) groups excluding carboxylic acids is 1. The Morgan fingerprint density at radius 2 is 2.06 bits per heavy atom. The van der Waals surface area contributed by atoms with Gasteiger partial charge in [0, 0.05) is 11.4 Å². The number of hydrogen-bond acceptors (Lipinski definition) is 3. The van der Waals surface area contributed by atoms with E-state index in [1.165, 1.54) is 17.3 Å². The molecule has 1 atom stereocenters. The van der Waals surface area contributed by atoms with Crippen molar-refractivity contribution in [2.75, 3.05) is 12.3 Å². The lowest BCUT2D eigenvalue weighted by atomic mass is 10.2. The second-order valence-corrected chi connectivity index (χ2v) is 5.02. The summed E-state index contributed by atoms with van der Waals surface area (Å²) in [6, 6.07) is 8.07. The van der Waals surface area contributed by atoms with Crippen LogP contribution in [-0.4, -0.2) is 29.4 Å². The van der Waals surface area contributed by atoms with E-state index in [-0.39, 0.29) is 5.91 Å². The molecule has 17 heavy (non-hydrogen) atoms. The van der Waals surface area contributed by atoms with Gasteiger partial charge in [-0.2, -0.15) is 0 Å². The second kappa shape index (κ2) is 7.35. The van der Waals surface area contributed by atoms with E-state index in [1.807, 2.05) is 38.1 Å². The highest BCUT2D eigenvalue weighted by atomic mass is 32.2. The van der Waals surface area contributed by atoms with Gasteiger partial charge in [-0.25, -0.2) is 0 Å². The zero-order valence-electron chi connectivity index (χ0n) is 10.3. The number of rotatable bonds is 6. The number of benzene rings is 1. The number of aliphatic hydroxyl groups is 1. The third kappa shape index (κ3) is 5.75. The van der Waals surface area contributed by atoms with Crippen LogP contribution in [0.2, 0.25) is 0 Å². The minimum absolute atomic E-state index is 0.0388. The van der Waals surface area contributed by atoms with Gasteiger partial charge in [-0.3, -0.25) is 4.79 Å². The number of carbonyl (C=O) groups is 1. The lowest BCUT2D eigenvalue weighted by molar-refractivity contribution is -0.119. The average molecular weight is 253 g/mol. The second-order valence-electron chi connectivity index (χ2n) is 3.97. The van der Waals surface area contributed by atoms with E-state index < -0.39 is 6.10 Å². The van der Waals surface area contributed by atoms with E-state index in [2.05, 4.69) is 5.32 Å². The maximum atomic E-state index is 11.5. The van der Waals surface area contributed by atoms with Crippen molar-refractivity contribution in [2.45, 2.75) is 31.3 Å². The van der Waals surface area contributed by atoms with Crippen molar-refractivity contribution in [3.05, 3.63) is 29.8 Å². The van der Waals surface area contributed by atoms with Gasteiger partial charge in [-0.05, 0) is 25.5 Å². The summed E-state index contributed by atoms with van der Waals surface area (Å²) in [6.07, 6.45) is 0.217. The SMILES string of the molecule is CCC(O)CNC(=O)CSc1ccc(C)cc1. The fourth-order valence-corrected chi connectivity index (χ4v) is 1.94. The van der Waals surface area contributed by atoms with Crippen LogP contribution in [0.25, 0.3) is 0 Å². The number of hydrogen-bond donors (Lipinski definition) is 2. The molecule has 0 fully saturated rings. The summed E-state index contributed by atoms with van der Waals surface area (Å²) in [4.78, 5) is 12.5. The van der Waals surface area contributed by atoms with E-state index in [4.69, 9.17) is 0 Å². The number of thioether (sulfide) groups is 1. The quantitative estimate of drug-likeness (QED) is 0.762. The van der Waals surface area contributed by atoms with Crippen LogP contribution in [0.15, 0.2) is 29.2 Å². The summed E-state index contributed by atoms with van der Waals surface area (Å²) < 4.78 is 0. The Morgan fingerprint density at radius 1 is 1.41 bits per heavy atom. The van der Waals surface area contributed by atoms with Crippen molar-refractivity contribution in [3.8, 4) is 0 Å². The van der Waals surface area contributed by atoms with Crippen LogP contribution >= 0.6 is 11.8 Å². The van der Waals surface area contributed by atoms with Gasteiger partial charge in [0.25, 0.3) is 0 Å². The summed E-state index contributed by atoms with van der Waals surface area (Å²) in [5.74, 6) is 0.350. The molecule has 0 radical (unpaired) electrons. The first-order chi connectivity index (χ1) is 8.11. The number of aryl methyl sites for hydroxylation is 1. The van der Waals surface area contributed by atoms with Crippen LogP contribution < -0.4 is 5.32 Å². The molecule has 0 aliphatic heterocycles. The van der Waals surface area contributed by atoms with Gasteiger partial charge in [0.15, 0.2) is 0 Å². The summed E-state index contributed by atoms with van der Waals surface area (Å²) in [6.45, 7) is 4.26. The zero-order chi connectivity index (χ0) is 12.7. The predicted molar refractivity (Wildman–Crippen MR) is 71.2 cm³/mol. The maximum Gasteiger partial charge on any atom is 0.230 e. The predicted octanol–water partition coefficient (Wildman–Crippen LogP) is 1.97. The van der Waals surface area contributed by atoms with Crippen molar-refractivity contribution in [2.24, 2.45) is 0 Å². The fourth-order valence-electron chi connectivity index (χ4n) is 1.21. The van der Waals surface area contributed by atoms with Gasteiger partial charge >= 0.3 is 0 Å². The molecule has 0 aliphatic carbocycles. The molecule has 1 aromatic carbocycles. The monoisotopic (exact) mass is 253 g/mol. The zero-order valence-corrected chi connectivity index (χ0v) is 11.1. The standard InChI is InChI=1S/C13H19NO2S/c1-3-11(15)8-14-13(16)9-17-12-6-4-10(2)5-7-12/h4-7,11,15H,3,8-9H2,1-2H3,(H,14,16). The Balaban J connectivity index is 2.26. The molecule has 1 unspecified atom stereocenters. The van der Waals surface area contributed by atoms with Gasteiger partial charge in [0.05, 0.1) is 11.9 Å². The van der Waals surface area contributed by atoms with Crippen molar-refractivity contribution in [3.63, 3.8) is 0 Å². The molecule has 0 saturated heterocycles.